The number of benzene rings is 2. The fraction of sp³-hybridized carbons (Fsp3) is 0.594. The lowest BCUT2D eigenvalue weighted by atomic mass is 9.88. The van der Waals surface area contributed by atoms with Gasteiger partial charge in [-0.05, 0) is 49.5 Å². The van der Waals surface area contributed by atoms with Gasteiger partial charge >= 0.3 is 6.09 Å². The fourth-order valence-corrected chi connectivity index (χ4v) is 11.3. The minimum Gasteiger partial charge on any atom is -0.444 e. The number of ether oxygens (including phenoxy) is 2. The Hall–Kier alpha value is -2.19. The van der Waals surface area contributed by atoms with E-state index in [1.807, 2.05) is 25.7 Å². The van der Waals surface area contributed by atoms with Crippen molar-refractivity contribution in [1.29, 1.82) is 0 Å². The number of carbonyl (C=O) groups is 1. The third-order valence-corrected chi connectivity index (χ3v) is 13.5. The van der Waals surface area contributed by atoms with Crippen LogP contribution >= 0.6 is 0 Å². The van der Waals surface area contributed by atoms with Crippen LogP contribution in [0.1, 0.15) is 61.8 Å². The van der Waals surface area contributed by atoms with Crippen LogP contribution in [0.4, 0.5) is 4.79 Å². The molecule has 6 nitrogen and oxygen atoms in total. The third kappa shape index (κ3) is 5.83. The Kier molecular flexibility index (Phi) is 8.67. The number of hydrogen-bond acceptors (Lipinski definition) is 5. The van der Waals surface area contributed by atoms with E-state index in [0.717, 1.165) is 13.0 Å². The van der Waals surface area contributed by atoms with Crippen LogP contribution in [0.2, 0.25) is 5.04 Å². The second-order valence-electron chi connectivity index (χ2n) is 13.2. The van der Waals surface area contributed by atoms with E-state index in [1.54, 1.807) is 0 Å². The number of hydrogen-bond donors (Lipinski definition) is 0. The summed E-state index contributed by atoms with van der Waals surface area (Å²) in [6.45, 7) is 20.4. The summed E-state index contributed by atoms with van der Waals surface area (Å²) >= 11 is 0. The number of amides is 1. The summed E-state index contributed by atoms with van der Waals surface area (Å²) in [6.07, 6.45) is 0.582. The molecule has 2 aliphatic heterocycles. The zero-order valence-corrected chi connectivity index (χ0v) is 26.2. The van der Waals surface area contributed by atoms with Gasteiger partial charge in [-0.3, -0.25) is 4.90 Å². The van der Waals surface area contributed by atoms with Gasteiger partial charge in [-0.25, -0.2) is 4.79 Å². The van der Waals surface area contributed by atoms with E-state index in [4.69, 9.17) is 13.9 Å². The largest absolute Gasteiger partial charge is 0.444 e. The highest BCUT2D eigenvalue weighted by molar-refractivity contribution is 6.99. The van der Waals surface area contributed by atoms with Gasteiger partial charge in [0.25, 0.3) is 8.32 Å². The smallest absolute Gasteiger partial charge is 0.410 e. The van der Waals surface area contributed by atoms with Crippen molar-refractivity contribution < 1.29 is 18.7 Å². The molecule has 2 fully saturated rings. The van der Waals surface area contributed by atoms with Crippen LogP contribution < -0.4 is 10.4 Å². The molecule has 3 atom stereocenters. The summed E-state index contributed by atoms with van der Waals surface area (Å²) in [6, 6.07) is 21.8. The van der Waals surface area contributed by atoms with Gasteiger partial charge < -0.3 is 18.8 Å². The Labute approximate surface area is 236 Å². The van der Waals surface area contributed by atoms with Gasteiger partial charge in [0.15, 0.2) is 0 Å². The first-order valence-corrected chi connectivity index (χ1v) is 16.4. The highest BCUT2D eigenvalue weighted by Crippen LogP contribution is 2.42. The van der Waals surface area contributed by atoms with Gasteiger partial charge in [-0.15, -0.1) is 0 Å². The van der Waals surface area contributed by atoms with Gasteiger partial charge in [0.2, 0.25) is 0 Å². The van der Waals surface area contributed by atoms with Gasteiger partial charge in [-0.2, -0.15) is 0 Å². The number of rotatable bonds is 6. The second-order valence-corrected chi connectivity index (χ2v) is 17.5. The van der Waals surface area contributed by atoms with E-state index in [0.29, 0.717) is 26.3 Å². The Morgan fingerprint density at radius 2 is 1.54 bits per heavy atom. The molecular formula is C32H48N2O4Si. The molecule has 0 spiro atoms. The number of nitrogens with zero attached hydrogens (tertiary/aromatic N) is 2. The summed E-state index contributed by atoms with van der Waals surface area (Å²) in [5, 5.41) is 2.45. The maximum absolute atomic E-state index is 12.9. The zero-order chi connectivity index (χ0) is 28.5. The third-order valence-electron chi connectivity index (χ3n) is 8.42. The molecule has 2 heterocycles. The summed E-state index contributed by atoms with van der Waals surface area (Å²) in [5.74, 6) is 0. The van der Waals surface area contributed by atoms with E-state index in [1.165, 1.54) is 10.4 Å². The standard InChI is InChI=1S/C32H48N2O4Si/c1-9-32(34-21-20-33(22-25(34)2)29(35)37-30(3,4)5)24-36-23-28(32)38-39(31(6,7)8,26-16-12-10-13-17-26)27-18-14-11-15-19-27/h10-19,25,28H,9,20-24H2,1-8H3/t25-,28+,32-/m0/s1. The molecule has 2 saturated heterocycles. The van der Waals surface area contributed by atoms with Crippen LogP contribution in [-0.2, 0) is 13.9 Å². The molecule has 0 saturated carbocycles. The van der Waals surface area contributed by atoms with Crippen molar-refractivity contribution in [2.45, 2.75) is 90.1 Å². The first kappa shape index (κ1) is 29.8. The second kappa shape index (κ2) is 11.4. The molecule has 4 rings (SSSR count). The Morgan fingerprint density at radius 3 is 2.00 bits per heavy atom. The maximum Gasteiger partial charge on any atom is 0.410 e. The Balaban J connectivity index is 1.69. The predicted octanol–water partition coefficient (Wildman–Crippen LogP) is 5.05. The van der Waals surface area contributed by atoms with Crippen molar-refractivity contribution in [2.75, 3.05) is 32.8 Å². The van der Waals surface area contributed by atoms with Crippen LogP contribution in [0.3, 0.4) is 0 Å². The SMILES string of the molecule is CC[C@]1(N2CCN(C(=O)OC(C)(C)C)C[C@@H]2C)COC[C@H]1O[Si](c1ccccc1)(c1ccccc1)C(C)(C)C. The highest BCUT2D eigenvalue weighted by atomic mass is 28.4. The van der Waals surface area contributed by atoms with E-state index in [2.05, 4.69) is 100 Å². The van der Waals surface area contributed by atoms with Crippen molar-refractivity contribution in [1.82, 2.24) is 9.80 Å². The molecule has 214 valence electrons. The van der Waals surface area contributed by atoms with Crippen LogP contribution in [0.5, 0.6) is 0 Å². The van der Waals surface area contributed by atoms with Crippen molar-refractivity contribution >= 4 is 24.8 Å². The summed E-state index contributed by atoms with van der Waals surface area (Å²) in [5.41, 5.74) is -0.775. The van der Waals surface area contributed by atoms with Crippen LogP contribution in [0.15, 0.2) is 60.7 Å². The number of carbonyl (C=O) groups excluding carboxylic acids is 1. The number of piperazine rings is 1. The van der Waals surface area contributed by atoms with Gasteiger partial charge in [-0.1, -0.05) is 88.4 Å². The molecule has 1 amide bonds. The lowest BCUT2D eigenvalue weighted by molar-refractivity contribution is -0.0570. The molecule has 0 N–H and O–H groups in total. The molecule has 0 aromatic heterocycles. The van der Waals surface area contributed by atoms with Crippen LogP contribution in [0, 0.1) is 0 Å². The fourth-order valence-electron chi connectivity index (χ4n) is 6.55. The minimum absolute atomic E-state index is 0.0932. The van der Waals surface area contributed by atoms with Gasteiger partial charge in [0, 0.05) is 25.7 Å². The molecule has 2 aliphatic rings. The molecular weight excluding hydrogens is 504 g/mol. The molecule has 39 heavy (non-hydrogen) atoms. The molecule has 0 bridgehead atoms. The van der Waals surface area contributed by atoms with Crippen LogP contribution in [-0.4, -0.2) is 80.3 Å². The quantitative estimate of drug-likeness (QED) is 0.470. The molecule has 0 unspecified atom stereocenters. The lowest BCUT2D eigenvalue weighted by Crippen LogP contribution is -2.72. The lowest BCUT2D eigenvalue weighted by Gasteiger charge is -2.53. The monoisotopic (exact) mass is 552 g/mol. The van der Waals surface area contributed by atoms with E-state index >= 15 is 0 Å². The average Bonchev–Trinajstić information content (AvgIpc) is 3.29. The van der Waals surface area contributed by atoms with E-state index in [-0.39, 0.29) is 28.8 Å². The Bertz CT molecular complexity index is 1060. The molecule has 0 radical (unpaired) electrons. The minimum atomic E-state index is -2.75. The first-order chi connectivity index (χ1) is 18.3. The van der Waals surface area contributed by atoms with E-state index in [9.17, 15) is 4.79 Å². The molecule has 2 aromatic rings. The first-order valence-electron chi connectivity index (χ1n) is 14.5. The normalized spacial score (nSPS) is 25.1. The van der Waals surface area contributed by atoms with Crippen molar-refractivity contribution in [3.05, 3.63) is 60.7 Å². The van der Waals surface area contributed by atoms with Crippen molar-refractivity contribution in [2.24, 2.45) is 0 Å². The summed E-state index contributed by atoms with van der Waals surface area (Å²) in [4.78, 5) is 17.3. The molecule has 2 aromatic carbocycles. The Morgan fingerprint density at radius 1 is 0.974 bits per heavy atom. The van der Waals surface area contributed by atoms with Crippen LogP contribution in [0.25, 0.3) is 0 Å². The maximum atomic E-state index is 12.9. The molecule has 7 heteroatoms. The summed E-state index contributed by atoms with van der Waals surface area (Å²) < 4.78 is 19.6. The van der Waals surface area contributed by atoms with Gasteiger partial charge in [0.05, 0.1) is 24.9 Å². The van der Waals surface area contributed by atoms with Gasteiger partial charge in [0.1, 0.15) is 5.60 Å². The molecule has 0 aliphatic carbocycles. The predicted molar refractivity (Wildman–Crippen MR) is 160 cm³/mol. The zero-order valence-electron chi connectivity index (χ0n) is 25.2. The highest BCUT2D eigenvalue weighted by Gasteiger charge is 2.58. The van der Waals surface area contributed by atoms with Crippen molar-refractivity contribution in [3.63, 3.8) is 0 Å². The average molecular weight is 553 g/mol. The summed E-state index contributed by atoms with van der Waals surface area (Å²) in [7, 11) is -2.75. The topological polar surface area (TPSA) is 51.2 Å². The van der Waals surface area contributed by atoms with E-state index < -0.39 is 13.9 Å². The van der Waals surface area contributed by atoms with Crippen molar-refractivity contribution in [3.8, 4) is 0 Å².